The van der Waals surface area contributed by atoms with Crippen molar-refractivity contribution in [2.75, 3.05) is 13.1 Å². The first-order chi connectivity index (χ1) is 10.2. The molecule has 0 saturated carbocycles. The Morgan fingerprint density at radius 3 is 3.10 bits per heavy atom. The Morgan fingerprint density at radius 2 is 2.38 bits per heavy atom. The van der Waals surface area contributed by atoms with Gasteiger partial charge in [0.25, 0.3) is 5.91 Å². The second kappa shape index (κ2) is 6.19. The van der Waals surface area contributed by atoms with Crippen LogP contribution in [0.15, 0.2) is 24.5 Å². The first kappa shape index (κ1) is 14.0. The summed E-state index contributed by atoms with van der Waals surface area (Å²) in [6.45, 7) is 1.78. The number of aromatic nitrogens is 4. The van der Waals surface area contributed by atoms with E-state index >= 15 is 0 Å². The summed E-state index contributed by atoms with van der Waals surface area (Å²) in [4.78, 5) is 12.5. The maximum Gasteiger partial charge on any atom is 0.253 e. The van der Waals surface area contributed by atoms with Crippen molar-refractivity contribution < 1.29 is 4.79 Å². The molecule has 1 aromatic heterocycles. The van der Waals surface area contributed by atoms with Crippen molar-refractivity contribution in [1.82, 2.24) is 30.8 Å². The van der Waals surface area contributed by atoms with Crippen molar-refractivity contribution in [3.8, 4) is 5.69 Å². The molecule has 0 unspecified atom stereocenters. The molecule has 8 heteroatoms. The molecule has 1 aromatic carbocycles. The Bertz CT molecular complexity index is 624. The summed E-state index contributed by atoms with van der Waals surface area (Å²) in [5, 5.41) is 17.8. The van der Waals surface area contributed by atoms with E-state index in [0.29, 0.717) is 16.3 Å². The molecule has 2 heterocycles. The Labute approximate surface area is 126 Å². The van der Waals surface area contributed by atoms with E-state index in [1.165, 1.54) is 11.0 Å². The van der Waals surface area contributed by atoms with Gasteiger partial charge >= 0.3 is 0 Å². The maximum atomic E-state index is 12.5. The molecule has 1 atom stereocenters. The number of carbonyl (C=O) groups excluding carboxylic acids is 1. The molecule has 110 valence electrons. The lowest BCUT2D eigenvalue weighted by atomic mass is 10.1. The van der Waals surface area contributed by atoms with Gasteiger partial charge in [-0.1, -0.05) is 11.6 Å². The van der Waals surface area contributed by atoms with Crippen LogP contribution in [0.2, 0.25) is 5.02 Å². The monoisotopic (exact) mass is 306 g/mol. The predicted octanol–water partition coefficient (Wildman–Crippen LogP) is 0.797. The summed E-state index contributed by atoms with van der Waals surface area (Å²) in [7, 11) is 0. The minimum absolute atomic E-state index is 0.131. The van der Waals surface area contributed by atoms with E-state index in [1.54, 1.807) is 18.2 Å². The molecule has 1 aliphatic rings. The van der Waals surface area contributed by atoms with Crippen LogP contribution in [0.3, 0.4) is 0 Å². The average molecular weight is 307 g/mol. The molecular weight excluding hydrogens is 292 g/mol. The van der Waals surface area contributed by atoms with Crippen molar-refractivity contribution >= 4 is 17.5 Å². The zero-order valence-corrected chi connectivity index (χ0v) is 12.0. The molecule has 0 aliphatic carbocycles. The standard InChI is InChI=1S/C13H15ClN6O/c14-9-3-4-12(20-8-16-18-19-20)11(6-9)13(21)17-10-2-1-5-15-7-10/h3-4,6,8,10,15H,1-2,5,7H2,(H,17,21)/t10-/m0/s1. The van der Waals surface area contributed by atoms with Gasteiger partial charge in [-0.15, -0.1) is 5.10 Å². The van der Waals surface area contributed by atoms with Crippen LogP contribution in [0.25, 0.3) is 5.69 Å². The molecule has 1 saturated heterocycles. The van der Waals surface area contributed by atoms with Gasteiger partial charge in [0, 0.05) is 17.6 Å². The number of nitrogens with zero attached hydrogens (tertiary/aromatic N) is 4. The molecule has 0 radical (unpaired) electrons. The van der Waals surface area contributed by atoms with Crippen LogP contribution >= 0.6 is 11.6 Å². The van der Waals surface area contributed by atoms with E-state index in [4.69, 9.17) is 11.6 Å². The van der Waals surface area contributed by atoms with E-state index < -0.39 is 0 Å². The molecular formula is C13H15ClN6O. The summed E-state index contributed by atoms with van der Waals surface area (Å²) in [6.07, 6.45) is 3.47. The Morgan fingerprint density at radius 1 is 1.48 bits per heavy atom. The number of piperidine rings is 1. The molecule has 0 bridgehead atoms. The van der Waals surface area contributed by atoms with E-state index in [2.05, 4.69) is 26.2 Å². The van der Waals surface area contributed by atoms with E-state index in [-0.39, 0.29) is 11.9 Å². The van der Waals surface area contributed by atoms with Gasteiger partial charge in [0.2, 0.25) is 0 Å². The van der Waals surface area contributed by atoms with E-state index in [9.17, 15) is 4.79 Å². The molecule has 1 fully saturated rings. The number of halogens is 1. The smallest absolute Gasteiger partial charge is 0.253 e. The highest BCUT2D eigenvalue weighted by molar-refractivity contribution is 6.31. The van der Waals surface area contributed by atoms with E-state index in [0.717, 1.165) is 25.9 Å². The van der Waals surface area contributed by atoms with Crippen molar-refractivity contribution in [1.29, 1.82) is 0 Å². The summed E-state index contributed by atoms with van der Waals surface area (Å²) in [5.74, 6) is -0.170. The first-order valence-corrected chi connectivity index (χ1v) is 7.16. The highest BCUT2D eigenvalue weighted by Gasteiger charge is 2.19. The highest BCUT2D eigenvalue weighted by Crippen LogP contribution is 2.19. The van der Waals surface area contributed by atoms with Gasteiger partial charge in [0.1, 0.15) is 6.33 Å². The molecule has 1 aliphatic heterocycles. The number of carbonyl (C=O) groups is 1. The van der Waals surface area contributed by atoms with Crippen molar-refractivity contribution in [3.05, 3.63) is 35.1 Å². The van der Waals surface area contributed by atoms with Gasteiger partial charge in [-0.3, -0.25) is 4.79 Å². The lowest BCUT2D eigenvalue weighted by molar-refractivity contribution is 0.0930. The van der Waals surface area contributed by atoms with Crippen LogP contribution in [-0.4, -0.2) is 45.2 Å². The fraction of sp³-hybridized carbons (Fsp3) is 0.385. The van der Waals surface area contributed by atoms with Crippen LogP contribution in [0.4, 0.5) is 0 Å². The first-order valence-electron chi connectivity index (χ1n) is 6.78. The van der Waals surface area contributed by atoms with Crippen LogP contribution in [0.1, 0.15) is 23.2 Å². The number of hydrogen-bond acceptors (Lipinski definition) is 5. The van der Waals surface area contributed by atoms with Crippen molar-refractivity contribution in [3.63, 3.8) is 0 Å². The molecule has 1 amide bonds. The van der Waals surface area contributed by atoms with Gasteiger partial charge in [0.15, 0.2) is 0 Å². The molecule has 0 spiro atoms. The number of hydrogen-bond donors (Lipinski definition) is 2. The highest BCUT2D eigenvalue weighted by atomic mass is 35.5. The minimum atomic E-state index is -0.170. The molecule has 2 N–H and O–H groups in total. The van der Waals surface area contributed by atoms with Gasteiger partial charge < -0.3 is 10.6 Å². The van der Waals surface area contributed by atoms with Gasteiger partial charge in [-0.25, -0.2) is 0 Å². The maximum absolute atomic E-state index is 12.5. The number of benzene rings is 1. The Kier molecular flexibility index (Phi) is 4.12. The Balaban J connectivity index is 1.86. The quantitative estimate of drug-likeness (QED) is 0.876. The molecule has 3 rings (SSSR count). The number of tetrazole rings is 1. The van der Waals surface area contributed by atoms with Gasteiger partial charge in [0.05, 0.1) is 11.3 Å². The third-order valence-corrected chi connectivity index (χ3v) is 3.67. The largest absolute Gasteiger partial charge is 0.348 e. The summed E-state index contributed by atoms with van der Waals surface area (Å²) < 4.78 is 1.45. The number of amides is 1. The van der Waals surface area contributed by atoms with E-state index in [1.807, 2.05) is 0 Å². The zero-order chi connectivity index (χ0) is 14.7. The normalized spacial score (nSPS) is 18.4. The fourth-order valence-corrected chi connectivity index (χ4v) is 2.57. The average Bonchev–Trinajstić information content (AvgIpc) is 3.02. The zero-order valence-electron chi connectivity index (χ0n) is 11.3. The summed E-state index contributed by atoms with van der Waals surface area (Å²) in [6, 6.07) is 5.20. The number of rotatable bonds is 3. The van der Waals surface area contributed by atoms with Crippen LogP contribution in [0, 0.1) is 0 Å². The second-order valence-electron chi connectivity index (χ2n) is 4.93. The lowest BCUT2D eigenvalue weighted by Crippen LogP contribution is -2.45. The topological polar surface area (TPSA) is 84.7 Å². The number of nitrogens with one attached hydrogen (secondary N) is 2. The molecule has 7 nitrogen and oxygen atoms in total. The van der Waals surface area contributed by atoms with Crippen molar-refractivity contribution in [2.24, 2.45) is 0 Å². The molecule has 2 aromatic rings. The SMILES string of the molecule is O=C(N[C@H]1CCCNC1)c1cc(Cl)ccc1-n1cnnn1. The second-order valence-corrected chi connectivity index (χ2v) is 5.37. The van der Waals surface area contributed by atoms with Gasteiger partial charge in [-0.2, -0.15) is 4.68 Å². The fourth-order valence-electron chi connectivity index (χ4n) is 2.40. The predicted molar refractivity (Wildman–Crippen MR) is 77.5 cm³/mol. The molecule has 21 heavy (non-hydrogen) atoms. The van der Waals surface area contributed by atoms with Crippen LogP contribution < -0.4 is 10.6 Å². The Hall–Kier alpha value is -1.99. The lowest BCUT2D eigenvalue weighted by Gasteiger charge is -2.24. The van der Waals surface area contributed by atoms with Crippen molar-refractivity contribution in [2.45, 2.75) is 18.9 Å². The van der Waals surface area contributed by atoms with Crippen LogP contribution in [0.5, 0.6) is 0 Å². The summed E-state index contributed by atoms with van der Waals surface area (Å²) in [5.41, 5.74) is 1.06. The minimum Gasteiger partial charge on any atom is -0.348 e. The third-order valence-electron chi connectivity index (χ3n) is 3.43. The van der Waals surface area contributed by atoms with Crippen LogP contribution in [-0.2, 0) is 0 Å². The van der Waals surface area contributed by atoms with Gasteiger partial charge in [-0.05, 0) is 48.0 Å². The summed E-state index contributed by atoms with van der Waals surface area (Å²) >= 11 is 6.01. The third kappa shape index (κ3) is 3.20.